The lowest BCUT2D eigenvalue weighted by Crippen LogP contribution is -2.26. The van der Waals surface area contributed by atoms with Crippen LogP contribution in [0.15, 0.2) is 21.3 Å². The fourth-order valence-corrected chi connectivity index (χ4v) is 4.51. The summed E-state index contributed by atoms with van der Waals surface area (Å²) >= 11 is 1.31. The van der Waals surface area contributed by atoms with Crippen LogP contribution in [0.2, 0.25) is 0 Å². The maximum absolute atomic E-state index is 12.9. The van der Waals surface area contributed by atoms with E-state index in [0.29, 0.717) is 28.2 Å². The maximum Gasteiger partial charge on any atom is 0.264 e. The van der Waals surface area contributed by atoms with Crippen molar-refractivity contribution in [3.8, 4) is 0 Å². The van der Waals surface area contributed by atoms with Crippen molar-refractivity contribution in [2.45, 2.75) is 39.8 Å². The SMILES string of the molecule is Cc1ccc(CN(C)C(=O)c2sc3nc4n(c(=O)c3c2C)CCC4)o1. The molecular formula is C18H19N3O3S. The summed E-state index contributed by atoms with van der Waals surface area (Å²) in [6, 6.07) is 3.75. The van der Waals surface area contributed by atoms with Crippen LogP contribution in [-0.2, 0) is 19.5 Å². The molecule has 0 bridgehead atoms. The summed E-state index contributed by atoms with van der Waals surface area (Å²) in [5.41, 5.74) is 0.710. The van der Waals surface area contributed by atoms with Gasteiger partial charge in [-0.15, -0.1) is 11.3 Å². The minimum absolute atomic E-state index is 0.0189. The minimum atomic E-state index is -0.112. The first-order chi connectivity index (χ1) is 12.0. The Labute approximate surface area is 148 Å². The lowest BCUT2D eigenvalue weighted by atomic mass is 10.2. The molecule has 6 nitrogen and oxygen atoms in total. The third kappa shape index (κ3) is 2.59. The molecule has 1 aliphatic rings. The average Bonchev–Trinajstić information content (AvgIpc) is 3.27. The highest BCUT2D eigenvalue weighted by atomic mass is 32.1. The number of carbonyl (C=O) groups excluding carboxylic acids is 1. The molecule has 0 aromatic carbocycles. The lowest BCUT2D eigenvalue weighted by molar-refractivity contribution is 0.0779. The van der Waals surface area contributed by atoms with Crippen molar-refractivity contribution >= 4 is 27.5 Å². The monoisotopic (exact) mass is 357 g/mol. The summed E-state index contributed by atoms with van der Waals surface area (Å²) in [5.74, 6) is 2.28. The van der Waals surface area contributed by atoms with E-state index in [4.69, 9.17) is 4.42 Å². The Bertz CT molecular complexity index is 1040. The number of hydrogen-bond acceptors (Lipinski definition) is 5. The summed E-state index contributed by atoms with van der Waals surface area (Å²) < 4.78 is 7.29. The Balaban J connectivity index is 1.71. The summed E-state index contributed by atoms with van der Waals surface area (Å²) in [6.45, 7) is 4.82. The molecule has 7 heteroatoms. The van der Waals surface area contributed by atoms with Gasteiger partial charge in [0.15, 0.2) is 0 Å². The number of thiophene rings is 1. The van der Waals surface area contributed by atoms with Crippen molar-refractivity contribution in [2.24, 2.45) is 0 Å². The molecular weight excluding hydrogens is 338 g/mol. The minimum Gasteiger partial charge on any atom is -0.464 e. The van der Waals surface area contributed by atoms with Crippen LogP contribution in [-0.4, -0.2) is 27.4 Å². The molecule has 0 N–H and O–H groups in total. The molecule has 3 aromatic heterocycles. The third-order valence-electron chi connectivity index (χ3n) is 4.64. The van der Waals surface area contributed by atoms with Crippen LogP contribution in [0.3, 0.4) is 0 Å². The lowest BCUT2D eigenvalue weighted by Gasteiger charge is -2.15. The molecule has 0 unspecified atom stereocenters. The van der Waals surface area contributed by atoms with E-state index in [1.165, 1.54) is 11.3 Å². The summed E-state index contributed by atoms with van der Waals surface area (Å²) in [6.07, 6.45) is 1.78. The number of aromatic nitrogens is 2. The van der Waals surface area contributed by atoms with Crippen LogP contribution in [0.1, 0.15) is 39.0 Å². The van der Waals surface area contributed by atoms with Crippen LogP contribution in [0.5, 0.6) is 0 Å². The first-order valence-corrected chi connectivity index (χ1v) is 9.11. The number of aryl methyl sites for hydroxylation is 3. The molecule has 0 atom stereocenters. The Morgan fingerprint density at radius 1 is 1.40 bits per heavy atom. The van der Waals surface area contributed by atoms with Crippen LogP contribution in [0.4, 0.5) is 0 Å². The Morgan fingerprint density at radius 3 is 2.92 bits per heavy atom. The van der Waals surface area contributed by atoms with Crippen molar-refractivity contribution in [3.63, 3.8) is 0 Å². The molecule has 0 spiro atoms. The van der Waals surface area contributed by atoms with Crippen LogP contribution < -0.4 is 5.56 Å². The van der Waals surface area contributed by atoms with Crippen LogP contribution in [0, 0.1) is 13.8 Å². The van der Waals surface area contributed by atoms with Gasteiger partial charge in [0, 0.05) is 20.0 Å². The van der Waals surface area contributed by atoms with Gasteiger partial charge in [-0.2, -0.15) is 0 Å². The first-order valence-electron chi connectivity index (χ1n) is 8.29. The molecule has 1 amide bonds. The highest BCUT2D eigenvalue weighted by molar-refractivity contribution is 7.20. The molecule has 0 saturated carbocycles. The zero-order valence-corrected chi connectivity index (χ0v) is 15.3. The van der Waals surface area contributed by atoms with Gasteiger partial charge in [0.2, 0.25) is 0 Å². The summed E-state index contributed by atoms with van der Waals surface area (Å²) in [5, 5.41) is 0.584. The smallest absolute Gasteiger partial charge is 0.264 e. The van der Waals surface area contributed by atoms with E-state index in [1.807, 2.05) is 26.0 Å². The van der Waals surface area contributed by atoms with E-state index in [2.05, 4.69) is 4.98 Å². The van der Waals surface area contributed by atoms with Crippen molar-refractivity contribution in [1.82, 2.24) is 14.5 Å². The molecule has 4 heterocycles. The van der Waals surface area contributed by atoms with Crippen LogP contribution >= 0.6 is 11.3 Å². The molecule has 4 rings (SSSR count). The second-order valence-electron chi connectivity index (χ2n) is 6.50. The standard InChI is InChI=1S/C18H19N3O3S/c1-10-6-7-12(24-10)9-20(3)18(23)15-11(2)14-16(25-15)19-13-5-4-8-21(13)17(14)22/h6-7H,4-5,8-9H2,1-3H3. The number of furan rings is 1. The molecule has 130 valence electrons. The predicted molar refractivity (Wildman–Crippen MR) is 96.2 cm³/mol. The van der Waals surface area contributed by atoms with Gasteiger partial charge in [0.05, 0.1) is 16.8 Å². The van der Waals surface area contributed by atoms with Gasteiger partial charge in [0.25, 0.3) is 11.5 Å². The van der Waals surface area contributed by atoms with E-state index >= 15 is 0 Å². The second kappa shape index (κ2) is 5.84. The van der Waals surface area contributed by atoms with Crippen molar-refractivity contribution in [1.29, 1.82) is 0 Å². The molecule has 0 radical (unpaired) electrons. The van der Waals surface area contributed by atoms with Crippen molar-refractivity contribution in [3.05, 3.63) is 50.3 Å². The van der Waals surface area contributed by atoms with E-state index in [9.17, 15) is 9.59 Å². The van der Waals surface area contributed by atoms with Gasteiger partial charge in [-0.1, -0.05) is 0 Å². The summed E-state index contributed by atoms with van der Waals surface area (Å²) in [7, 11) is 1.74. The van der Waals surface area contributed by atoms with Gasteiger partial charge in [-0.3, -0.25) is 14.2 Å². The Morgan fingerprint density at radius 2 is 2.20 bits per heavy atom. The second-order valence-corrected chi connectivity index (χ2v) is 7.50. The number of rotatable bonds is 3. The number of carbonyl (C=O) groups is 1. The van der Waals surface area contributed by atoms with E-state index in [1.54, 1.807) is 16.5 Å². The number of amides is 1. The quantitative estimate of drug-likeness (QED) is 0.723. The molecule has 0 saturated heterocycles. The van der Waals surface area contributed by atoms with Crippen molar-refractivity contribution < 1.29 is 9.21 Å². The zero-order chi connectivity index (χ0) is 17.7. The average molecular weight is 357 g/mol. The van der Waals surface area contributed by atoms with Gasteiger partial charge in [-0.25, -0.2) is 4.98 Å². The van der Waals surface area contributed by atoms with Crippen molar-refractivity contribution in [2.75, 3.05) is 7.05 Å². The maximum atomic E-state index is 12.9. The van der Waals surface area contributed by atoms with Gasteiger partial charge < -0.3 is 9.32 Å². The Hall–Kier alpha value is -2.41. The zero-order valence-electron chi connectivity index (χ0n) is 14.5. The molecule has 3 aromatic rings. The normalized spacial score (nSPS) is 13.4. The number of fused-ring (bicyclic) bond motifs is 2. The van der Waals surface area contributed by atoms with Gasteiger partial charge in [-0.05, 0) is 38.0 Å². The topological polar surface area (TPSA) is 68.3 Å². The molecule has 0 fully saturated rings. The molecule has 25 heavy (non-hydrogen) atoms. The molecule has 1 aliphatic heterocycles. The molecule has 0 aliphatic carbocycles. The van der Waals surface area contributed by atoms with Gasteiger partial charge in [0.1, 0.15) is 22.2 Å². The number of hydrogen-bond donors (Lipinski definition) is 0. The van der Waals surface area contributed by atoms with Gasteiger partial charge >= 0.3 is 0 Å². The predicted octanol–water partition coefficient (Wildman–Crippen LogP) is 2.89. The number of nitrogens with zero attached hydrogens (tertiary/aromatic N) is 3. The van der Waals surface area contributed by atoms with E-state index in [-0.39, 0.29) is 11.5 Å². The van der Waals surface area contributed by atoms with E-state index in [0.717, 1.165) is 35.7 Å². The largest absolute Gasteiger partial charge is 0.464 e. The highest BCUT2D eigenvalue weighted by Gasteiger charge is 2.25. The Kier molecular flexibility index (Phi) is 3.76. The fourth-order valence-electron chi connectivity index (χ4n) is 3.33. The fraction of sp³-hybridized carbons (Fsp3) is 0.389. The first kappa shape index (κ1) is 16.1. The van der Waals surface area contributed by atoms with Crippen LogP contribution in [0.25, 0.3) is 10.2 Å². The summed E-state index contributed by atoms with van der Waals surface area (Å²) in [4.78, 5) is 33.1. The van der Waals surface area contributed by atoms with E-state index < -0.39 is 0 Å². The highest BCUT2D eigenvalue weighted by Crippen LogP contribution is 2.29. The third-order valence-corrected chi connectivity index (χ3v) is 5.82.